The molecule has 0 saturated carbocycles. The average Bonchev–Trinajstić information content (AvgIpc) is 2.23. The van der Waals surface area contributed by atoms with Crippen LogP contribution in [0.15, 0.2) is 16.7 Å². The highest BCUT2D eigenvalue weighted by molar-refractivity contribution is 9.10. The Kier molecular flexibility index (Phi) is 5.42. The smallest absolute Gasteiger partial charge is 0.224 e. The van der Waals surface area contributed by atoms with Crippen LogP contribution in [0.1, 0.15) is 25.0 Å². The van der Waals surface area contributed by atoms with Gasteiger partial charge in [0.05, 0.1) is 11.4 Å². The monoisotopic (exact) mass is 286 g/mol. The van der Waals surface area contributed by atoms with Crippen LogP contribution in [-0.4, -0.2) is 22.6 Å². The van der Waals surface area contributed by atoms with Gasteiger partial charge in [0, 0.05) is 13.0 Å². The number of nitrogens with zero attached hydrogens (tertiary/aromatic N) is 1. The molecule has 0 atom stereocenters. The maximum Gasteiger partial charge on any atom is 0.224 e. The van der Waals surface area contributed by atoms with E-state index in [9.17, 15) is 4.79 Å². The number of halogens is 1. The lowest BCUT2D eigenvalue weighted by molar-refractivity contribution is -0.116. The third-order valence-corrected chi connectivity index (χ3v) is 2.58. The maximum absolute atomic E-state index is 11.5. The van der Waals surface area contributed by atoms with Crippen LogP contribution in [0.3, 0.4) is 0 Å². The summed E-state index contributed by atoms with van der Waals surface area (Å²) in [5.74, 6) is -0.0410. The van der Waals surface area contributed by atoms with Crippen molar-refractivity contribution in [2.75, 3.05) is 11.9 Å². The molecule has 1 aromatic rings. The van der Waals surface area contributed by atoms with E-state index < -0.39 is 0 Å². The molecule has 5 heteroatoms. The lowest BCUT2D eigenvalue weighted by Gasteiger charge is -2.07. The molecule has 0 aromatic carbocycles. The predicted octanol–water partition coefficient (Wildman–Crippen LogP) is 2.25. The molecule has 4 nitrogen and oxygen atoms in total. The molecule has 0 fully saturated rings. The van der Waals surface area contributed by atoms with E-state index in [-0.39, 0.29) is 12.5 Å². The van der Waals surface area contributed by atoms with Gasteiger partial charge in [0.25, 0.3) is 0 Å². The van der Waals surface area contributed by atoms with E-state index in [2.05, 4.69) is 26.2 Å². The number of aliphatic hydroxyl groups is 1. The highest BCUT2D eigenvalue weighted by Crippen LogP contribution is 2.16. The van der Waals surface area contributed by atoms with Crippen LogP contribution in [0.2, 0.25) is 0 Å². The lowest BCUT2D eigenvalue weighted by atomic mass is 10.2. The highest BCUT2D eigenvalue weighted by Gasteiger charge is 2.05. The first-order chi connectivity index (χ1) is 7.63. The number of nitrogens with one attached hydrogen (secondary N) is 1. The molecule has 1 rings (SSSR count). The zero-order chi connectivity index (χ0) is 12.0. The minimum absolute atomic E-state index is 0.0410. The van der Waals surface area contributed by atoms with Crippen molar-refractivity contribution >= 4 is 27.5 Å². The van der Waals surface area contributed by atoms with Gasteiger partial charge in [0.15, 0.2) is 0 Å². The SMILES string of the molecule is Cc1nc(Br)ccc1NC(=O)CCCCO. The van der Waals surface area contributed by atoms with Gasteiger partial charge in [-0.3, -0.25) is 4.79 Å². The second-order valence-corrected chi connectivity index (χ2v) is 4.31. The van der Waals surface area contributed by atoms with Crippen LogP contribution >= 0.6 is 15.9 Å². The number of pyridine rings is 1. The molecule has 0 spiro atoms. The Morgan fingerprint density at radius 3 is 2.88 bits per heavy atom. The molecule has 16 heavy (non-hydrogen) atoms. The van der Waals surface area contributed by atoms with Gasteiger partial charge in [-0.2, -0.15) is 0 Å². The minimum atomic E-state index is -0.0410. The Balaban J connectivity index is 2.49. The third kappa shape index (κ3) is 4.28. The summed E-state index contributed by atoms with van der Waals surface area (Å²) in [7, 11) is 0. The molecular formula is C11H15BrN2O2. The Morgan fingerprint density at radius 2 is 2.25 bits per heavy atom. The first-order valence-electron chi connectivity index (χ1n) is 5.17. The fraction of sp³-hybridized carbons (Fsp3) is 0.455. The largest absolute Gasteiger partial charge is 0.396 e. The number of carbonyl (C=O) groups excluding carboxylic acids is 1. The number of aryl methyl sites for hydroxylation is 1. The number of rotatable bonds is 5. The van der Waals surface area contributed by atoms with Crippen molar-refractivity contribution in [1.29, 1.82) is 0 Å². The van der Waals surface area contributed by atoms with E-state index in [1.807, 2.05) is 13.0 Å². The molecule has 1 amide bonds. The summed E-state index contributed by atoms with van der Waals surface area (Å²) >= 11 is 3.26. The fourth-order valence-corrected chi connectivity index (χ4v) is 1.67. The van der Waals surface area contributed by atoms with Gasteiger partial charge < -0.3 is 10.4 Å². The van der Waals surface area contributed by atoms with Crippen molar-refractivity contribution in [1.82, 2.24) is 4.98 Å². The molecule has 0 aliphatic heterocycles. The van der Waals surface area contributed by atoms with Crippen molar-refractivity contribution in [2.24, 2.45) is 0 Å². The van der Waals surface area contributed by atoms with Crippen LogP contribution in [0.25, 0.3) is 0 Å². The number of hydrogen-bond donors (Lipinski definition) is 2. The van der Waals surface area contributed by atoms with Gasteiger partial charge in [0.1, 0.15) is 4.60 Å². The number of carbonyl (C=O) groups is 1. The molecule has 0 aliphatic rings. The van der Waals surface area contributed by atoms with Crippen molar-refractivity contribution in [2.45, 2.75) is 26.2 Å². The molecule has 2 N–H and O–H groups in total. The maximum atomic E-state index is 11.5. The first-order valence-corrected chi connectivity index (χ1v) is 5.96. The second kappa shape index (κ2) is 6.60. The quantitative estimate of drug-likeness (QED) is 0.645. The van der Waals surface area contributed by atoms with Crippen LogP contribution in [0.5, 0.6) is 0 Å². The van der Waals surface area contributed by atoms with Crippen molar-refractivity contribution < 1.29 is 9.90 Å². The van der Waals surface area contributed by atoms with Crippen molar-refractivity contribution in [3.63, 3.8) is 0 Å². The van der Waals surface area contributed by atoms with E-state index in [1.54, 1.807) is 6.07 Å². The van der Waals surface area contributed by atoms with Gasteiger partial charge in [0.2, 0.25) is 5.91 Å². The number of anilines is 1. The van der Waals surface area contributed by atoms with Crippen LogP contribution in [-0.2, 0) is 4.79 Å². The molecule has 0 bridgehead atoms. The molecule has 1 aromatic heterocycles. The van der Waals surface area contributed by atoms with Crippen molar-refractivity contribution in [3.05, 3.63) is 22.4 Å². The second-order valence-electron chi connectivity index (χ2n) is 3.50. The molecular weight excluding hydrogens is 272 g/mol. The van der Waals surface area contributed by atoms with E-state index in [4.69, 9.17) is 5.11 Å². The summed E-state index contributed by atoms with van der Waals surface area (Å²) in [6, 6.07) is 3.60. The number of amides is 1. The van der Waals surface area contributed by atoms with Gasteiger partial charge in [-0.15, -0.1) is 0 Å². The Bertz CT molecular complexity index is 369. The van der Waals surface area contributed by atoms with E-state index in [1.165, 1.54) is 0 Å². The number of unbranched alkanes of at least 4 members (excludes halogenated alkanes) is 1. The van der Waals surface area contributed by atoms with Crippen LogP contribution in [0, 0.1) is 6.92 Å². The summed E-state index contributed by atoms with van der Waals surface area (Å²) in [5, 5.41) is 11.4. The molecule has 88 valence electrons. The van der Waals surface area contributed by atoms with Crippen LogP contribution < -0.4 is 5.32 Å². The summed E-state index contributed by atoms with van der Waals surface area (Å²) < 4.78 is 0.753. The molecule has 0 unspecified atom stereocenters. The van der Waals surface area contributed by atoms with E-state index in [0.717, 1.165) is 16.0 Å². The van der Waals surface area contributed by atoms with Gasteiger partial charge in [-0.1, -0.05) is 0 Å². The van der Waals surface area contributed by atoms with Gasteiger partial charge in [-0.25, -0.2) is 4.98 Å². The Morgan fingerprint density at radius 1 is 1.50 bits per heavy atom. The zero-order valence-electron chi connectivity index (χ0n) is 9.16. The number of hydrogen-bond acceptors (Lipinski definition) is 3. The molecule has 0 saturated heterocycles. The predicted molar refractivity (Wildman–Crippen MR) is 66.2 cm³/mol. The van der Waals surface area contributed by atoms with Crippen molar-refractivity contribution in [3.8, 4) is 0 Å². The normalized spacial score (nSPS) is 10.2. The summed E-state index contributed by atoms with van der Waals surface area (Å²) in [4.78, 5) is 15.7. The fourth-order valence-electron chi connectivity index (χ4n) is 1.27. The minimum Gasteiger partial charge on any atom is -0.396 e. The van der Waals surface area contributed by atoms with E-state index >= 15 is 0 Å². The number of aliphatic hydroxyl groups excluding tert-OH is 1. The molecule has 0 aliphatic carbocycles. The zero-order valence-corrected chi connectivity index (χ0v) is 10.7. The topological polar surface area (TPSA) is 62.2 Å². The van der Waals surface area contributed by atoms with Gasteiger partial charge >= 0.3 is 0 Å². The molecule has 0 radical (unpaired) electrons. The average molecular weight is 287 g/mol. The summed E-state index contributed by atoms with van der Waals surface area (Å²) in [6.45, 7) is 1.97. The van der Waals surface area contributed by atoms with Gasteiger partial charge in [-0.05, 0) is 47.8 Å². The Hall–Kier alpha value is -0.940. The third-order valence-electron chi connectivity index (χ3n) is 2.14. The summed E-state index contributed by atoms with van der Waals surface area (Å²) in [5.41, 5.74) is 1.52. The summed E-state index contributed by atoms with van der Waals surface area (Å²) in [6.07, 6.45) is 1.78. The standard InChI is InChI=1S/C11H15BrN2O2/c1-8-9(5-6-10(12)13-8)14-11(16)4-2-3-7-15/h5-6,15H,2-4,7H2,1H3,(H,14,16). The van der Waals surface area contributed by atoms with Crippen LogP contribution in [0.4, 0.5) is 5.69 Å². The van der Waals surface area contributed by atoms with E-state index in [0.29, 0.717) is 19.3 Å². The number of aromatic nitrogens is 1. The first kappa shape index (κ1) is 13.1. The molecule has 1 heterocycles. The Labute approximate surface area is 103 Å². The lowest BCUT2D eigenvalue weighted by Crippen LogP contribution is -2.12. The highest BCUT2D eigenvalue weighted by atomic mass is 79.9.